The Morgan fingerprint density at radius 1 is 1.11 bits per heavy atom. The van der Waals surface area contributed by atoms with E-state index in [1.807, 2.05) is 0 Å². The minimum absolute atomic E-state index is 0.0349. The van der Waals surface area contributed by atoms with Crippen LogP contribution in [0.5, 0.6) is 0 Å². The predicted octanol–water partition coefficient (Wildman–Crippen LogP) is 7.51. The van der Waals surface area contributed by atoms with E-state index < -0.39 is 0 Å². The van der Waals surface area contributed by atoms with Gasteiger partial charge in [-0.3, -0.25) is 4.79 Å². The van der Waals surface area contributed by atoms with Gasteiger partial charge >= 0.3 is 0 Å². The molecule has 1 amide bonds. The van der Waals surface area contributed by atoms with E-state index in [0.29, 0.717) is 37.5 Å². The molecule has 4 aliphatic rings. The molecule has 3 saturated carbocycles. The van der Waals surface area contributed by atoms with Gasteiger partial charge in [-0.2, -0.15) is 0 Å². The normalized spacial score (nSPS) is 35.8. The number of ether oxygens (including phenoxy) is 1. The Morgan fingerprint density at radius 3 is 2.73 bits per heavy atom. The van der Waals surface area contributed by atoms with Crippen LogP contribution in [0.15, 0.2) is 11.6 Å². The van der Waals surface area contributed by atoms with Crippen molar-refractivity contribution in [2.24, 2.45) is 46.8 Å². The lowest BCUT2D eigenvalue weighted by Gasteiger charge is -2.54. The molecule has 4 heteroatoms. The van der Waals surface area contributed by atoms with Crippen LogP contribution < -0.4 is 5.32 Å². The highest BCUT2D eigenvalue weighted by Gasteiger charge is 2.56. The number of hydrogen-bond donors (Lipinski definition) is 1. The number of hydrogen-bond acceptors (Lipinski definition) is 3. The molecule has 0 bridgehead atoms. The van der Waals surface area contributed by atoms with Crippen molar-refractivity contribution in [1.82, 2.24) is 5.32 Å². The topological polar surface area (TPSA) is 55.4 Å². The van der Waals surface area contributed by atoms with E-state index in [1.165, 1.54) is 64.2 Å². The maximum absolute atomic E-state index is 11.6. The second-order valence-electron chi connectivity index (χ2n) is 13.8. The summed E-state index contributed by atoms with van der Waals surface area (Å²) < 4.78 is 6.26. The molecule has 0 aliphatic heterocycles. The molecule has 37 heavy (non-hydrogen) atoms. The SMILES string of the molecule is CC(C)CCCC(C)C1CCC2C3CC=C4C[C@@H](OCCCNC(=O)CCC=O)CCC4C3CC[C@]12C. The molecule has 0 aromatic carbocycles. The van der Waals surface area contributed by atoms with Crippen LogP contribution in [-0.2, 0) is 14.3 Å². The molecule has 4 rings (SSSR count). The van der Waals surface area contributed by atoms with E-state index in [9.17, 15) is 9.59 Å². The van der Waals surface area contributed by atoms with Crippen molar-refractivity contribution in [3.05, 3.63) is 11.6 Å². The maximum Gasteiger partial charge on any atom is 0.220 e. The second kappa shape index (κ2) is 13.3. The molecule has 0 heterocycles. The Balaban J connectivity index is 1.25. The van der Waals surface area contributed by atoms with Gasteiger partial charge in [-0.1, -0.05) is 58.6 Å². The molecular weight excluding hydrogens is 458 g/mol. The zero-order chi connectivity index (χ0) is 26.4. The van der Waals surface area contributed by atoms with Crippen molar-refractivity contribution in [2.75, 3.05) is 13.2 Å². The lowest BCUT2D eigenvalue weighted by Crippen LogP contribution is -2.47. The molecule has 8 atom stereocenters. The molecule has 0 saturated heterocycles. The zero-order valence-corrected chi connectivity index (χ0v) is 24.3. The van der Waals surface area contributed by atoms with Gasteiger partial charge in [-0.15, -0.1) is 0 Å². The molecule has 0 radical (unpaired) electrons. The quantitative estimate of drug-likeness (QED) is 0.157. The molecule has 210 valence electrons. The van der Waals surface area contributed by atoms with Crippen molar-refractivity contribution >= 4 is 12.2 Å². The average Bonchev–Trinajstić information content (AvgIpc) is 3.24. The predicted molar refractivity (Wildman–Crippen MR) is 151 cm³/mol. The van der Waals surface area contributed by atoms with Gasteiger partial charge in [0.1, 0.15) is 6.29 Å². The van der Waals surface area contributed by atoms with Gasteiger partial charge in [0.05, 0.1) is 6.10 Å². The van der Waals surface area contributed by atoms with Crippen molar-refractivity contribution < 1.29 is 14.3 Å². The molecule has 3 fully saturated rings. The van der Waals surface area contributed by atoms with Gasteiger partial charge < -0.3 is 14.8 Å². The Bertz CT molecular complexity index is 790. The van der Waals surface area contributed by atoms with Crippen LogP contribution in [0.25, 0.3) is 0 Å². The fourth-order valence-corrected chi connectivity index (χ4v) is 9.23. The van der Waals surface area contributed by atoms with Crippen molar-refractivity contribution in [1.29, 1.82) is 0 Å². The van der Waals surface area contributed by atoms with Crippen LogP contribution in [-0.4, -0.2) is 31.4 Å². The van der Waals surface area contributed by atoms with E-state index in [-0.39, 0.29) is 5.91 Å². The van der Waals surface area contributed by atoms with Crippen molar-refractivity contribution in [3.63, 3.8) is 0 Å². The van der Waals surface area contributed by atoms with Crippen LogP contribution >= 0.6 is 0 Å². The lowest BCUT2D eigenvalue weighted by molar-refractivity contribution is -0.122. The monoisotopic (exact) mass is 513 g/mol. The van der Waals surface area contributed by atoms with E-state index in [4.69, 9.17) is 4.74 Å². The van der Waals surface area contributed by atoms with Crippen molar-refractivity contribution in [2.45, 2.75) is 124 Å². The smallest absolute Gasteiger partial charge is 0.220 e. The van der Waals surface area contributed by atoms with E-state index >= 15 is 0 Å². The number of amides is 1. The number of carbonyl (C=O) groups is 2. The number of aldehydes is 1. The van der Waals surface area contributed by atoms with Crippen LogP contribution in [0, 0.1) is 46.8 Å². The number of nitrogens with one attached hydrogen (secondary N) is 1. The van der Waals surface area contributed by atoms with E-state index in [1.54, 1.807) is 5.57 Å². The maximum atomic E-state index is 11.6. The minimum Gasteiger partial charge on any atom is -0.378 e. The van der Waals surface area contributed by atoms with Crippen LogP contribution in [0.3, 0.4) is 0 Å². The number of carbonyl (C=O) groups excluding carboxylic acids is 2. The standard InChI is InChI=1S/C33H55NO3/c1-23(2)8-5-9-24(3)30-15-16-31-29-13-11-25-22-26(37-21-7-19-34-32(36)10-6-20-35)12-14-27(25)28(29)17-18-33(30,31)4/h11,20,23-24,26-31H,5-10,12-19,21-22H2,1-4H3,(H,34,36)/t24?,26-,27?,28?,29?,30?,31?,33+/m0/s1. The Hall–Kier alpha value is -1.16. The summed E-state index contributed by atoms with van der Waals surface area (Å²) in [6, 6.07) is 0. The Kier molecular flexibility index (Phi) is 10.3. The number of fused-ring (bicyclic) bond motifs is 5. The largest absolute Gasteiger partial charge is 0.378 e. The Labute approximate surface area is 227 Å². The zero-order valence-electron chi connectivity index (χ0n) is 24.3. The van der Waals surface area contributed by atoms with E-state index in [0.717, 1.165) is 60.6 Å². The van der Waals surface area contributed by atoms with Gasteiger partial charge in [0.2, 0.25) is 5.91 Å². The molecule has 0 aromatic rings. The Morgan fingerprint density at radius 2 is 1.95 bits per heavy atom. The summed E-state index contributed by atoms with van der Waals surface area (Å²) in [6.45, 7) is 11.3. The number of rotatable bonds is 13. The highest BCUT2D eigenvalue weighted by molar-refractivity contribution is 5.77. The summed E-state index contributed by atoms with van der Waals surface area (Å²) in [7, 11) is 0. The fourth-order valence-electron chi connectivity index (χ4n) is 9.23. The average molecular weight is 514 g/mol. The summed E-state index contributed by atoms with van der Waals surface area (Å²) in [5.41, 5.74) is 2.28. The molecule has 4 aliphatic carbocycles. The first-order chi connectivity index (χ1) is 17.8. The summed E-state index contributed by atoms with van der Waals surface area (Å²) >= 11 is 0. The molecule has 6 unspecified atom stereocenters. The molecule has 0 spiro atoms. The lowest BCUT2D eigenvalue weighted by atomic mass is 9.51. The molecule has 1 N–H and O–H groups in total. The third-order valence-electron chi connectivity index (χ3n) is 11.1. The highest BCUT2D eigenvalue weighted by atomic mass is 16.5. The first-order valence-electron chi connectivity index (χ1n) is 15.8. The van der Waals surface area contributed by atoms with Gasteiger partial charge in [0, 0.05) is 26.0 Å². The van der Waals surface area contributed by atoms with Crippen LogP contribution in [0.4, 0.5) is 0 Å². The first-order valence-corrected chi connectivity index (χ1v) is 15.8. The van der Waals surface area contributed by atoms with Crippen LogP contribution in [0.1, 0.15) is 118 Å². The van der Waals surface area contributed by atoms with Crippen molar-refractivity contribution in [3.8, 4) is 0 Å². The van der Waals surface area contributed by atoms with Gasteiger partial charge in [0.15, 0.2) is 0 Å². The summed E-state index contributed by atoms with van der Waals surface area (Å²) in [5.74, 6) is 6.21. The number of allylic oxidation sites excluding steroid dienone is 1. The minimum atomic E-state index is -0.0349. The summed E-state index contributed by atoms with van der Waals surface area (Å²) in [5, 5.41) is 2.89. The van der Waals surface area contributed by atoms with Gasteiger partial charge in [-0.05, 0) is 105 Å². The third kappa shape index (κ3) is 6.89. The van der Waals surface area contributed by atoms with Crippen LogP contribution in [0.2, 0.25) is 0 Å². The van der Waals surface area contributed by atoms with E-state index in [2.05, 4.69) is 39.1 Å². The molecule has 0 aromatic heterocycles. The van der Waals surface area contributed by atoms with Gasteiger partial charge in [0.25, 0.3) is 0 Å². The third-order valence-corrected chi connectivity index (χ3v) is 11.1. The second-order valence-corrected chi connectivity index (χ2v) is 13.8. The molecule has 4 nitrogen and oxygen atoms in total. The fraction of sp³-hybridized carbons (Fsp3) is 0.879. The molecular formula is C33H55NO3. The van der Waals surface area contributed by atoms with Gasteiger partial charge in [-0.25, -0.2) is 0 Å². The summed E-state index contributed by atoms with van der Waals surface area (Å²) in [6.07, 6.45) is 20.3. The summed E-state index contributed by atoms with van der Waals surface area (Å²) in [4.78, 5) is 22.0. The highest BCUT2D eigenvalue weighted by Crippen LogP contribution is 2.64. The first kappa shape index (κ1) is 28.8.